The van der Waals surface area contributed by atoms with Crippen LogP contribution in [0.2, 0.25) is 0 Å². The minimum atomic E-state index is -0.661. The molecule has 0 amide bonds. The standard InChI is InChI=1S/C13H22P.BrH/c1-4-14(5-2,6-3)12-13-10-8-7-9-11-13;/h7-11H,4-6,12H2,1-3H3;1H/q+1;/p-1. The molecule has 0 N–H and O–H groups in total. The second kappa shape index (κ2) is 7.41. The van der Waals surface area contributed by atoms with E-state index in [-0.39, 0.29) is 17.0 Å². The number of halogens is 1. The van der Waals surface area contributed by atoms with E-state index < -0.39 is 7.26 Å². The molecule has 0 fully saturated rings. The molecular weight excluding hydrogens is 267 g/mol. The normalized spacial score (nSPS) is 10.9. The predicted molar refractivity (Wildman–Crippen MR) is 68.7 cm³/mol. The molecule has 0 heterocycles. The van der Waals surface area contributed by atoms with Crippen molar-refractivity contribution in [2.45, 2.75) is 26.9 Å². The molecule has 2 heteroatoms. The zero-order valence-corrected chi connectivity index (χ0v) is 12.5. The Morgan fingerprint density at radius 2 is 1.33 bits per heavy atom. The van der Waals surface area contributed by atoms with Crippen molar-refractivity contribution in [1.29, 1.82) is 0 Å². The van der Waals surface area contributed by atoms with Crippen LogP contribution in [0.15, 0.2) is 30.3 Å². The molecule has 0 aromatic heterocycles. The fourth-order valence-electron chi connectivity index (χ4n) is 1.98. The third-order valence-electron chi connectivity index (χ3n) is 3.37. The van der Waals surface area contributed by atoms with E-state index in [2.05, 4.69) is 51.1 Å². The van der Waals surface area contributed by atoms with Crippen molar-refractivity contribution in [2.75, 3.05) is 18.5 Å². The van der Waals surface area contributed by atoms with Crippen LogP contribution in [0.4, 0.5) is 0 Å². The molecule has 1 aromatic carbocycles. The van der Waals surface area contributed by atoms with Gasteiger partial charge in [-0.25, -0.2) is 0 Å². The van der Waals surface area contributed by atoms with Gasteiger partial charge in [0, 0.05) is 7.26 Å². The van der Waals surface area contributed by atoms with E-state index in [0.717, 1.165) is 0 Å². The van der Waals surface area contributed by atoms with Gasteiger partial charge in [0.25, 0.3) is 0 Å². The Labute approximate surface area is 106 Å². The summed E-state index contributed by atoms with van der Waals surface area (Å²) in [6.07, 6.45) is 5.54. The number of hydrogen-bond donors (Lipinski definition) is 0. The Morgan fingerprint density at radius 3 is 1.73 bits per heavy atom. The number of benzene rings is 1. The first-order valence-electron chi connectivity index (χ1n) is 5.65. The van der Waals surface area contributed by atoms with Gasteiger partial charge in [-0.3, -0.25) is 0 Å². The van der Waals surface area contributed by atoms with E-state index >= 15 is 0 Å². The Bertz CT molecular complexity index is 246. The zero-order valence-electron chi connectivity index (χ0n) is 10.0. The summed E-state index contributed by atoms with van der Waals surface area (Å²) >= 11 is 0. The van der Waals surface area contributed by atoms with Crippen LogP contribution in [0.5, 0.6) is 0 Å². The van der Waals surface area contributed by atoms with Crippen molar-refractivity contribution >= 4 is 7.26 Å². The van der Waals surface area contributed by atoms with E-state index in [1.54, 1.807) is 0 Å². The van der Waals surface area contributed by atoms with Crippen LogP contribution in [0, 0.1) is 0 Å². The van der Waals surface area contributed by atoms with E-state index in [9.17, 15) is 0 Å². The van der Waals surface area contributed by atoms with Crippen molar-refractivity contribution in [3.8, 4) is 0 Å². The first-order valence-corrected chi connectivity index (χ1v) is 8.18. The molecule has 0 saturated heterocycles. The van der Waals surface area contributed by atoms with Gasteiger partial charge >= 0.3 is 0 Å². The van der Waals surface area contributed by atoms with Crippen LogP contribution < -0.4 is 17.0 Å². The topological polar surface area (TPSA) is 0 Å². The molecule has 0 unspecified atom stereocenters. The van der Waals surface area contributed by atoms with Crippen molar-refractivity contribution in [3.63, 3.8) is 0 Å². The largest absolute Gasteiger partial charge is 1.00 e. The fraction of sp³-hybridized carbons (Fsp3) is 0.538. The molecule has 0 aliphatic carbocycles. The van der Waals surface area contributed by atoms with Gasteiger partial charge in [0.05, 0.1) is 24.6 Å². The fourth-order valence-corrected chi connectivity index (χ4v) is 4.97. The maximum absolute atomic E-state index is 2.36. The summed E-state index contributed by atoms with van der Waals surface area (Å²) < 4.78 is 0. The maximum Gasteiger partial charge on any atom is 0.0842 e. The van der Waals surface area contributed by atoms with Crippen molar-refractivity contribution in [2.24, 2.45) is 0 Å². The first-order chi connectivity index (χ1) is 6.76. The lowest BCUT2D eigenvalue weighted by Crippen LogP contribution is -3.00. The molecule has 0 aliphatic heterocycles. The Kier molecular flexibility index (Phi) is 7.48. The smallest absolute Gasteiger partial charge is 0.0842 e. The second-order valence-corrected chi connectivity index (χ2v) is 8.83. The second-order valence-electron chi connectivity index (χ2n) is 3.93. The third kappa shape index (κ3) is 4.25. The highest BCUT2D eigenvalue weighted by Crippen LogP contribution is 2.60. The van der Waals surface area contributed by atoms with Crippen LogP contribution >= 0.6 is 7.26 Å². The van der Waals surface area contributed by atoms with Crippen LogP contribution in [-0.2, 0) is 6.16 Å². The van der Waals surface area contributed by atoms with Crippen molar-refractivity contribution < 1.29 is 17.0 Å². The third-order valence-corrected chi connectivity index (χ3v) is 8.43. The lowest BCUT2D eigenvalue weighted by molar-refractivity contribution is -0.00000315. The highest BCUT2D eigenvalue weighted by atomic mass is 79.9. The van der Waals surface area contributed by atoms with Gasteiger partial charge in [0.15, 0.2) is 0 Å². The van der Waals surface area contributed by atoms with Gasteiger partial charge in [-0.15, -0.1) is 0 Å². The summed E-state index contributed by atoms with van der Waals surface area (Å²) in [5, 5.41) is 0. The summed E-state index contributed by atoms with van der Waals surface area (Å²) in [5.74, 6) is 0. The van der Waals surface area contributed by atoms with Gasteiger partial charge in [-0.2, -0.15) is 0 Å². The maximum atomic E-state index is 2.36. The van der Waals surface area contributed by atoms with E-state index in [0.29, 0.717) is 0 Å². The molecule has 0 atom stereocenters. The van der Waals surface area contributed by atoms with Crippen LogP contribution in [0.25, 0.3) is 0 Å². The summed E-state index contributed by atoms with van der Waals surface area (Å²) in [7, 11) is -0.661. The monoisotopic (exact) mass is 288 g/mol. The minimum absolute atomic E-state index is 0. The van der Waals surface area contributed by atoms with Crippen LogP contribution in [0.1, 0.15) is 26.3 Å². The molecule has 0 aliphatic rings. The van der Waals surface area contributed by atoms with Gasteiger partial charge in [0.1, 0.15) is 0 Å². The Balaban J connectivity index is 0.00000196. The number of rotatable bonds is 5. The molecule has 0 spiro atoms. The quantitative estimate of drug-likeness (QED) is 0.716. The molecule has 86 valence electrons. The number of hydrogen-bond acceptors (Lipinski definition) is 0. The summed E-state index contributed by atoms with van der Waals surface area (Å²) in [5.41, 5.74) is 1.53. The minimum Gasteiger partial charge on any atom is -1.00 e. The SMILES string of the molecule is CC[P+](CC)(CC)Cc1ccccc1.[Br-]. The summed E-state index contributed by atoms with van der Waals surface area (Å²) in [4.78, 5) is 0. The molecular formula is C13H22BrP. The van der Waals surface area contributed by atoms with E-state index in [1.807, 2.05) is 0 Å². The average Bonchev–Trinajstić information content (AvgIpc) is 2.28. The van der Waals surface area contributed by atoms with Gasteiger partial charge in [-0.1, -0.05) is 30.3 Å². The zero-order chi connectivity index (χ0) is 10.4. The van der Waals surface area contributed by atoms with Crippen molar-refractivity contribution in [3.05, 3.63) is 35.9 Å². The van der Waals surface area contributed by atoms with Crippen LogP contribution in [0.3, 0.4) is 0 Å². The Hall–Kier alpha value is 0.130. The summed E-state index contributed by atoms with van der Waals surface area (Å²) in [6, 6.07) is 11.0. The molecule has 15 heavy (non-hydrogen) atoms. The highest BCUT2D eigenvalue weighted by molar-refractivity contribution is 7.75. The van der Waals surface area contributed by atoms with E-state index in [4.69, 9.17) is 0 Å². The van der Waals surface area contributed by atoms with Gasteiger partial charge in [-0.05, 0) is 26.3 Å². The van der Waals surface area contributed by atoms with Crippen molar-refractivity contribution in [1.82, 2.24) is 0 Å². The summed E-state index contributed by atoms with van der Waals surface area (Å²) in [6.45, 7) is 7.09. The van der Waals surface area contributed by atoms with Crippen LogP contribution in [-0.4, -0.2) is 18.5 Å². The molecule has 1 aromatic rings. The molecule has 0 saturated carbocycles. The Morgan fingerprint density at radius 1 is 0.867 bits per heavy atom. The lowest BCUT2D eigenvalue weighted by atomic mass is 10.2. The molecule has 0 nitrogen and oxygen atoms in total. The average molecular weight is 289 g/mol. The molecule has 0 bridgehead atoms. The highest BCUT2D eigenvalue weighted by Gasteiger charge is 2.30. The van der Waals surface area contributed by atoms with Gasteiger partial charge < -0.3 is 17.0 Å². The predicted octanol–water partition coefficient (Wildman–Crippen LogP) is 1.27. The molecule has 1 rings (SSSR count). The first kappa shape index (κ1) is 15.1. The lowest BCUT2D eigenvalue weighted by Gasteiger charge is -2.23. The van der Waals surface area contributed by atoms with E-state index in [1.165, 1.54) is 30.2 Å². The molecule has 0 radical (unpaired) electrons. The van der Waals surface area contributed by atoms with Gasteiger partial charge in [0.2, 0.25) is 0 Å².